The van der Waals surface area contributed by atoms with Crippen molar-refractivity contribution >= 4 is 33.2 Å². The van der Waals surface area contributed by atoms with E-state index in [1.807, 2.05) is 0 Å². The number of rotatable bonds is 5. The molecule has 2 aromatic carbocycles. The highest BCUT2D eigenvalue weighted by atomic mass is 35.5. The Labute approximate surface area is 138 Å². The molecule has 0 aliphatic rings. The predicted molar refractivity (Wildman–Crippen MR) is 86.2 cm³/mol. The van der Waals surface area contributed by atoms with Crippen molar-refractivity contribution in [3.63, 3.8) is 0 Å². The molecule has 0 atom stereocenters. The summed E-state index contributed by atoms with van der Waals surface area (Å²) in [7, 11) is -3.75. The smallest absolute Gasteiger partial charge is 0.240 e. The van der Waals surface area contributed by atoms with Gasteiger partial charge in [-0.1, -0.05) is 17.7 Å². The van der Waals surface area contributed by atoms with Gasteiger partial charge in [0.25, 0.3) is 0 Å². The lowest BCUT2D eigenvalue weighted by molar-refractivity contribution is -0.114. The molecule has 0 fully saturated rings. The number of sulfonamides is 1. The third kappa shape index (κ3) is 4.75. The van der Waals surface area contributed by atoms with Crippen molar-refractivity contribution in [2.24, 2.45) is 0 Å². The number of amides is 1. The molecular formula is C15H14ClFN2O3S. The minimum atomic E-state index is -3.75. The molecule has 0 saturated carbocycles. The zero-order valence-corrected chi connectivity index (χ0v) is 13.7. The van der Waals surface area contributed by atoms with E-state index in [4.69, 9.17) is 11.6 Å². The number of hydrogen-bond donors (Lipinski definition) is 2. The molecular weight excluding hydrogens is 343 g/mol. The molecule has 2 N–H and O–H groups in total. The van der Waals surface area contributed by atoms with Crippen molar-refractivity contribution in [1.82, 2.24) is 4.72 Å². The van der Waals surface area contributed by atoms with Gasteiger partial charge in [0.05, 0.1) is 4.90 Å². The lowest BCUT2D eigenvalue weighted by Crippen LogP contribution is -2.23. The van der Waals surface area contributed by atoms with Gasteiger partial charge in [-0.15, -0.1) is 0 Å². The quantitative estimate of drug-likeness (QED) is 0.865. The van der Waals surface area contributed by atoms with Crippen molar-refractivity contribution in [1.29, 1.82) is 0 Å². The first kappa shape index (κ1) is 17.4. The van der Waals surface area contributed by atoms with Crippen LogP contribution in [0.1, 0.15) is 12.5 Å². The first-order valence-corrected chi connectivity index (χ1v) is 8.45. The summed E-state index contributed by atoms with van der Waals surface area (Å²) in [6.07, 6.45) is 0. The zero-order chi connectivity index (χ0) is 17.0. The summed E-state index contributed by atoms with van der Waals surface area (Å²) < 4.78 is 39.8. The minimum absolute atomic E-state index is 0.0461. The van der Waals surface area contributed by atoms with Gasteiger partial charge >= 0.3 is 0 Å². The monoisotopic (exact) mass is 356 g/mol. The van der Waals surface area contributed by atoms with Gasteiger partial charge in [-0.3, -0.25) is 4.79 Å². The van der Waals surface area contributed by atoms with Crippen LogP contribution in [0.2, 0.25) is 5.02 Å². The Hall–Kier alpha value is -1.96. The van der Waals surface area contributed by atoms with Crippen LogP contribution in [-0.4, -0.2) is 14.3 Å². The number of halogens is 2. The Kier molecular flexibility index (Phi) is 5.35. The van der Waals surface area contributed by atoms with Gasteiger partial charge in [-0.2, -0.15) is 0 Å². The van der Waals surface area contributed by atoms with Gasteiger partial charge in [0.15, 0.2) is 0 Å². The fourth-order valence-corrected chi connectivity index (χ4v) is 3.08. The summed E-state index contributed by atoms with van der Waals surface area (Å²) in [4.78, 5) is 11.0. The molecule has 1 amide bonds. The average Bonchev–Trinajstić information content (AvgIpc) is 2.46. The first-order chi connectivity index (χ1) is 10.8. The van der Waals surface area contributed by atoms with Gasteiger partial charge in [-0.05, 0) is 42.0 Å². The Balaban J connectivity index is 2.10. The Morgan fingerprint density at radius 1 is 1.17 bits per heavy atom. The number of carbonyl (C=O) groups excluding carboxylic acids is 1. The van der Waals surface area contributed by atoms with Crippen LogP contribution < -0.4 is 10.0 Å². The second-order valence-electron chi connectivity index (χ2n) is 4.77. The Morgan fingerprint density at radius 3 is 2.39 bits per heavy atom. The molecule has 2 rings (SSSR count). The first-order valence-electron chi connectivity index (χ1n) is 6.59. The van der Waals surface area contributed by atoms with Crippen LogP contribution in [0.25, 0.3) is 0 Å². The summed E-state index contributed by atoms with van der Waals surface area (Å²) >= 11 is 5.86. The third-order valence-corrected chi connectivity index (χ3v) is 4.72. The van der Waals surface area contributed by atoms with Crippen molar-refractivity contribution in [2.75, 3.05) is 5.32 Å². The standard InChI is InChI=1S/C15H14ClFN2O3S/c1-10(20)19-13-4-6-14(7-5-13)23(21,22)18-9-11-2-3-12(17)8-15(11)16/h2-8,18H,9H2,1H3,(H,19,20). The average molecular weight is 357 g/mol. The minimum Gasteiger partial charge on any atom is -0.326 e. The van der Waals surface area contributed by atoms with Gasteiger partial charge in [0.2, 0.25) is 15.9 Å². The number of carbonyl (C=O) groups is 1. The number of nitrogens with one attached hydrogen (secondary N) is 2. The molecule has 0 aliphatic carbocycles. The van der Waals surface area contributed by atoms with E-state index >= 15 is 0 Å². The molecule has 122 valence electrons. The SMILES string of the molecule is CC(=O)Nc1ccc(S(=O)(=O)NCc2ccc(F)cc2Cl)cc1. The fraction of sp³-hybridized carbons (Fsp3) is 0.133. The summed E-state index contributed by atoms with van der Waals surface area (Å²) in [5.74, 6) is -0.736. The molecule has 0 aromatic heterocycles. The second-order valence-corrected chi connectivity index (χ2v) is 6.94. The van der Waals surface area contributed by atoms with Gasteiger partial charge in [-0.25, -0.2) is 17.5 Å². The molecule has 0 unspecified atom stereocenters. The van der Waals surface area contributed by atoms with E-state index in [0.717, 1.165) is 6.07 Å². The molecule has 23 heavy (non-hydrogen) atoms. The lowest BCUT2D eigenvalue weighted by Gasteiger charge is -2.09. The van der Waals surface area contributed by atoms with Gasteiger partial charge < -0.3 is 5.32 Å². The van der Waals surface area contributed by atoms with E-state index in [9.17, 15) is 17.6 Å². The summed E-state index contributed by atoms with van der Waals surface area (Å²) in [5.41, 5.74) is 0.963. The van der Waals surface area contributed by atoms with E-state index in [0.29, 0.717) is 11.3 Å². The van der Waals surface area contributed by atoms with E-state index in [1.54, 1.807) is 0 Å². The summed E-state index contributed by atoms with van der Waals surface area (Å²) in [5, 5.41) is 2.69. The van der Waals surface area contributed by atoms with Crippen LogP contribution in [0.5, 0.6) is 0 Å². The molecule has 0 spiro atoms. The van der Waals surface area contributed by atoms with Crippen molar-refractivity contribution in [3.05, 3.63) is 58.9 Å². The molecule has 0 bridgehead atoms. The number of benzene rings is 2. The van der Waals surface area contributed by atoms with Crippen molar-refractivity contribution in [3.8, 4) is 0 Å². The Bertz CT molecular complexity index is 823. The molecule has 0 saturated heterocycles. The number of hydrogen-bond acceptors (Lipinski definition) is 3. The van der Waals surface area contributed by atoms with E-state index in [2.05, 4.69) is 10.0 Å². The van der Waals surface area contributed by atoms with Crippen LogP contribution in [0.4, 0.5) is 10.1 Å². The highest BCUT2D eigenvalue weighted by Crippen LogP contribution is 2.19. The fourth-order valence-electron chi connectivity index (χ4n) is 1.84. The van der Waals surface area contributed by atoms with Crippen LogP contribution in [0.3, 0.4) is 0 Å². The largest absolute Gasteiger partial charge is 0.326 e. The van der Waals surface area contributed by atoms with E-state index in [1.165, 1.54) is 43.3 Å². The normalized spacial score (nSPS) is 11.3. The van der Waals surface area contributed by atoms with E-state index in [-0.39, 0.29) is 22.4 Å². The molecule has 8 heteroatoms. The maximum atomic E-state index is 13.0. The highest BCUT2D eigenvalue weighted by molar-refractivity contribution is 7.89. The molecule has 0 radical (unpaired) electrons. The summed E-state index contributed by atoms with van der Waals surface area (Å²) in [6, 6.07) is 9.46. The highest BCUT2D eigenvalue weighted by Gasteiger charge is 2.14. The van der Waals surface area contributed by atoms with Gasteiger partial charge in [0.1, 0.15) is 5.82 Å². The molecule has 2 aromatic rings. The van der Waals surface area contributed by atoms with Crippen LogP contribution in [0, 0.1) is 5.82 Å². The maximum absolute atomic E-state index is 13.0. The second kappa shape index (κ2) is 7.08. The third-order valence-electron chi connectivity index (χ3n) is 2.95. The molecule has 0 heterocycles. The lowest BCUT2D eigenvalue weighted by atomic mass is 10.2. The molecule has 5 nitrogen and oxygen atoms in total. The Morgan fingerprint density at radius 2 is 1.83 bits per heavy atom. The van der Waals surface area contributed by atoms with E-state index < -0.39 is 15.8 Å². The van der Waals surface area contributed by atoms with Crippen LogP contribution >= 0.6 is 11.6 Å². The topological polar surface area (TPSA) is 75.3 Å². The van der Waals surface area contributed by atoms with Crippen molar-refractivity contribution in [2.45, 2.75) is 18.4 Å². The predicted octanol–water partition coefficient (Wildman–Crippen LogP) is 2.92. The summed E-state index contributed by atoms with van der Waals surface area (Å²) in [6.45, 7) is 1.30. The maximum Gasteiger partial charge on any atom is 0.240 e. The number of anilines is 1. The zero-order valence-electron chi connectivity index (χ0n) is 12.1. The van der Waals surface area contributed by atoms with Gasteiger partial charge in [0, 0.05) is 24.2 Å². The van der Waals surface area contributed by atoms with Crippen molar-refractivity contribution < 1.29 is 17.6 Å². The molecule has 0 aliphatic heterocycles. The van der Waals surface area contributed by atoms with Crippen LogP contribution in [-0.2, 0) is 21.4 Å². The van der Waals surface area contributed by atoms with Crippen LogP contribution in [0.15, 0.2) is 47.4 Å².